The molecule has 8 heteroatoms. The fourth-order valence-electron chi connectivity index (χ4n) is 1.86. The minimum Gasteiger partial charge on any atom is -0.387 e. The van der Waals surface area contributed by atoms with Crippen molar-refractivity contribution in [3.63, 3.8) is 0 Å². The zero-order valence-electron chi connectivity index (χ0n) is 11.9. The lowest BCUT2D eigenvalue weighted by Gasteiger charge is -2.13. The van der Waals surface area contributed by atoms with Gasteiger partial charge in [-0.1, -0.05) is 6.07 Å². The summed E-state index contributed by atoms with van der Waals surface area (Å²) >= 11 is 1.09. The molecule has 1 aromatic carbocycles. The van der Waals surface area contributed by atoms with Gasteiger partial charge in [0.15, 0.2) is 0 Å². The Labute approximate surface area is 131 Å². The standard InChI is InChI=1S/C14H15F2NO3S2/c1-8-6-13(21-9(8)2)22(19,20)17-7-12(18)14-10(15)4-3-5-11(14)16/h3-6,12,17-18H,7H2,1-2H3. The van der Waals surface area contributed by atoms with E-state index in [4.69, 9.17) is 0 Å². The Morgan fingerprint density at radius 1 is 1.27 bits per heavy atom. The van der Waals surface area contributed by atoms with Crippen molar-refractivity contribution in [1.82, 2.24) is 4.72 Å². The number of hydrogen-bond acceptors (Lipinski definition) is 4. The molecule has 0 saturated heterocycles. The van der Waals surface area contributed by atoms with Gasteiger partial charge in [-0.3, -0.25) is 0 Å². The molecular formula is C14H15F2NO3S2. The van der Waals surface area contributed by atoms with E-state index >= 15 is 0 Å². The van der Waals surface area contributed by atoms with Gasteiger partial charge in [0.05, 0.1) is 11.7 Å². The van der Waals surface area contributed by atoms with Crippen LogP contribution in [0.25, 0.3) is 0 Å². The molecule has 2 N–H and O–H groups in total. The summed E-state index contributed by atoms with van der Waals surface area (Å²) in [5, 5.41) is 9.85. The number of sulfonamides is 1. The molecule has 1 aromatic heterocycles. The molecule has 0 fully saturated rings. The Morgan fingerprint density at radius 2 is 1.86 bits per heavy atom. The van der Waals surface area contributed by atoms with Crippen LogP contribution in [-0.4, -0.2) is 20.1 Å². The molecule has 2 aromatic rings. The van der Waals surface area contributed by atoms with E-state index < -0.39 is 39.9 Å². The number of aryl methyl sites for hydroxylation is 2. The van der Waals surface area contributed by atoms with Crippen molar-refractivity contribution >= 4 is 21.4 Å². The van der Waals surface area contributed by atoms with Gasteiger partial charge in [-0.2, -0.15) is 0 Å². The topological polar surface area (TPSA) is 66.4 Å². The van der Waals surface area contributed by atoms with Gasteiger partial charge < -0.3 is 5.11 Å². The van der Waals surface area contributed by atoms with E-state index in [1.165, 1.54) is 12.1 Å². The number of benzene rings is 1. The van der Waals surface area contributed by atoms with Gasteiger partial charge in [0.2, 0.25) is 10.0 Å². The third-order valence-electron chi connectivity index (χ3n) is 3.21. The first-order valence-electron chi connectivity index (χ1n) is 6.41. The first-order chi connectivity index (χ1) is 10.2. The van der Waals surface area contributed by atoms with Crippen LogP contribution in [0.2, 0.25) is 0 Å². The van der Waals surface area contributed by atoms with E-state index in [1.54, 1.807) is 13.8 Å². The molecular weight excluding hydrogens is 332 g/mol. The Kier molecular flexibility index (Phi) is 4.96. The number of aliphatic hydroxyl groups excluding tert-OH is 1. The predicted octanol–water partition coefficient (Wildman–Crippen LogP) is 2.66. The van der Waals surface area contributed by atoms with Crippen LogP contribution < -0.4 is 4.72 Å². The monoisotopic (exact) mass is 347 g/mol. The van der Waals surface area contributed by atoms with Gasteiger partial charge in [0.25, 0.3) is 0 Å². The lowest BCUT2D eigenvalue weighted by Crippen LogP contribution is -2.28. The third-order valence-corrected chi connectivity index (χ3v) is 6.26. The summed E-state index contributed by atoms with van der Waals surface area (Å²) in [6, 6.07) is 4.69. The molecule has 1 heterocycles. The zero-order valence-corrected chi connectivity index (χ0v) is 13.6. The van der Waals surface area contributed by atoms with E-state index in [-0.39, 0.29) is 4.21 Å². The first kappa shape index (κ1) is 17.0. The summed E-state index contributed by atoms with van der Waals surface area (Å²) in [6.45, 7) is 3.06. The molecule has 0 amide bonds. The highest BCUT2D eigenvalue weighted by Crippen LogP contribution is 2.25. The molecule has 1 unspecified atom stereocenters. The molecule has 4 nitrogen and oxygen atoms in total. The maximum Gasteiger partial charge on any atom is 0.250 e. The first-order valence-corrected chi connectivity index (χ1v) is 8.71. The zero-order chi connectivity index (χ0) is 16.5. The molecule has 22 heavy (non-hydrogen) atoms. The molecule has 0 aliphatic carbocycles. The van der Waals surface area contributed by atoms with Crippen molar-refractivity contribution in [2.24, 2.45) is 0 Å². The third kappa shape index (κ3) is 3.52. The van der Waals surface area contributed by atoms with Crippen LogP contribution in [0.15, 0.2) is 28.5 Å². The number of hydrogen-bond donors (Lipinski definition) is 2. The Bertz CT molecular complexity index is 748. The number of aliphatic hydroxyl groups is 1. The Balaban J connectivity index is 2.15. The average Bonchev–Trinajstić information content (AvgIpc) is 2.77. The maximum atomic E-state index is 13.5. The van der Waals surface area contributed by atoms with Crippen LogP contribution in [0.1, 0.15) is 22.1 Å². The lowest BCUT2D eigenvalue weighted by atomic mass is 10.1. The summed E-state index contributed by atoms with van der Waals surface area (Å²) < 4.78 is 53.5. The Hall–Kier alpha value is -1.35. The normalized spacial score (nSPS) is 13.3. The lowest BCUT2D eigenvalue weighted by molar-refractivity contribution is 0.172. The average molecular weight is 347 g/mol. The van der Waals surface area contributed by atoms with Crippen molar-refractivity contribution in [2.45, 2.75) is 24.2 Å². The summed E-state index contributed by atoms with van der Waals surface area (Å²) in [7, 11) is -3.83. The predicted molar refractivity (Wildman–Crippen MR) is 80.3 cm³/mol. The fourth-order valence-corrected chi connectivity index (χ4v) is 4.46. The minimum absolute atomic E-state index is 0.101. The van der Waals surface area contributed by atoms with Crippen molar-refractivity contribution < 1.29 is 22.3 Å². The molecule has 120 valence electrons. The van der Waals surface area contributed by atoms with E-state index in [0.717, 1.165) is 33.9 Å². The van der Waals surface area contributed by atoms with Crippen LogP contribution in [0, 0.1) is 25.5 Å². The summed E-state index contributed by atoms with van der Waals surface area (Å²) in [5.74, 6) is -1.84. The number of thiophene rings is 1. The van der Waals surface area contributed by atoms with Crippen molar-refractivity contribution in [1.29, 1.82) is 0 Å². The highest BCUT2D eigenvalue weighted by molar-refractivity contribution is 7.91. The highest BCUT2D eigenvalue weighted by Gasteiger charge is 2.22. The SMILES string of the molecule is Cc1cc(S(=O)(=O)NCC(O)c2c(F)cccc2F)sc1C. The van der Waals surface area contributed by atoms with Crippen LogP contribution in [0.5, 0.6) is 0 Å². The minimum atomic E-state index is -3.83. The van der Waals surface area contributed by atoms with Crippen LogP contribution >= 0.6 is 11.3 Å². The number of rotatable bonds is 5. The molecule has 1 atom stereocenters. The Morgan fingerprint density at radius 3 is 2.36 bits per heavy atom. The second-order valence-electron chi connectivity index (χ2n) is 4.81. The van der Waals surface area contributed by atoms with Crippen molar-refractivity contribution in [2.75, 3.05) is 6.54 Å². The van der Waals surface area contributed by atoms with Gasteiger partial charge in [-0.15, -0.1) is 11.3 Å². The number of nitrogens with one attached hydrogen (secondary N) is 1. The summed E-state index contributed by atoms with van der Waals surface area (Å²) in [5.41, 5.74) is 0.287. The molecule has 0 spiro atoms. The van der Waals surface area contributed by atoms with E-state index in [2.05, 4.69) is 4.72 Å². The fraction of sp³-hybridized carbons (Fsp3) is 0.286. The van der Waals surface area contributed by atoms with Gasteiger partial charge in [-0.25, -0.2) is 21.9 Å². The molecule has 0 aliphatic rings. The van der Waals surface area contributed by atoms with E-state index in [1.807, 2.05) is 0 Å². The molecule has 0 radical (unpaired) electrons. The highest BCUT2D eigenvalue weighted by atomic mass is 32.2. The summed E-state index contributed by atoms with van der Waals surface area (Å²) in [4.78, 5) is 0.862. The summed E-state index contributed by atoms with van der Waals surface area (Å²) in [6.07, 6.45) is -1.61. The second-order valence-corrected chi connectivity index (χ2v) is 8.06. The second kappa shape index (κ2) is 6.41. The van der Waals surface area contributed by atoms with Gasteiger partial charge >= 0.3 is 0 Å². The molecule has 0 aliphatic heterocycles. The van der Waals surface area contributed by atoms with Crippen molar-refractivity contribution in [3.05, 3.63) is 51.9 Å². The number of halogens is 2. The van der Waals surface area contributed by atoms with Gasteiger partial charge in [0.1, 0.15) is 15.8 Å². The van der Waals surface area contributed by atoms with E-state index in [9.17, 15) is 22.3 Å². The van der Waals surface area contributed by atoms with Gasteiger partial charge in [0, 0.05) is 11.4 Å². The maximum absolute atomic E-state index is 13.5. The quantitative estimate of drug-likeness (QED) is 0.874. The van der Waals surface area contributed by atoms with Crippen LogP contribution in [0.4, 0.5) is 8.78 Å². The van der Waals surface area contributed by atoms with Crippen LogP contribution in [-0.2, 0) is 10.0 Å². The van der Waals surface area contributed by atoms with Gasteiger partial charge in [-0.05, 0) is 37.6 Å². The molecule has 0 saturated carbocycles. The molecule has 0 bridgehead atoms. The van der Waals surface area contributed by atoms with E-state index in [0.29, 0.717) is 0 Å². The molecule has 2 rings (SSSR count). The largest absolute Gasteiger partial charge is 0.387 e. The van der Waals surface area contributed by atoms with Crippen LogP contribution in [0.3, 0.4) is 0 Å². The smallest absolute Gasteiger partial charge is 0.250 e. The van der Waals surface area contributed by atoms with Crippen molar-refractivity contribution in [3.8, 4) is 0 Å².